The SMILES string of the molecule is Cc1c(C(=O)NCC2CCCCCCC2)nnn1C1CCNCC1. The van der Waals surface area contributed by atoms with Crippen molar-refractivity contribution in [1.29, 1.82) is 0 Å². The van der Waals surface area contributed by atoms with Crippen LogP contribution in [-0.4, -0.2) is 40.5 Å². The molecule has 1 saturated carbocycles. The zero-order valence-electron chi connectivity index (χ0n) is 14.9. The van der Waals surface area contributed by atoms with E-state index in [0.29, 0.717) is 17.7 Å². The number of hydrogen-bond donors (Lipinski definition) is 2. The van der Waals surface area contributed by atoms with Crippen molar-refractivity contribution in [3.8, 4) is 0 Å². The van der Waals surface area contributed by atoms with E-state index in [1.165, 1.54) is 44.9 Å². The van der Waals surface area contributed by atoms with Crippen LogP contribution < -0.4 is 10.6 Å². The third-order valence-electron chi connectivity index (χ3n) is 5.57. The van der Waals surface area contributed by atoms with E-state index < -0.39 is 0 Å². The smallest absolute Gasteiger partial charge is 0.273 e. The largest absolute Gasteiger partial charge is 0.350 e. The molecule has 1 aliphatic carbocycles. The molecular weight excluding hydrogens is 302 g/mol. The molecule has 6 heteroatoms. The molecule has 24 heavy (non-hydrogen) atoms. The van der Waals surface area contributed by atoms with Gasteiger partial charge < -0.3 is 10.6 Å². The van der Waals surface area contributed by atoms with Crippen LogP contribution in [0.5, 0.6) is 0 Å². The molecule has 0 bridgehead atoms. The van der Waals surface area contributed by atoms with Crippen molar-refractivity contribution in [3.05, 3.63) is 11.4 Å². The van der Waals surface area contributed by atoms with Crippen molar-refractivity contribution in [3.63, 3.8) is 0 Å². The number of nitrogens with one attached hydrogen (secondary N) is 2. The van der Waals surface area contributed by atoms with Gasteiger partial charge >= 0.3 is 0 Å². The van der Waals surface area contributed by atoms with Crippen LogP contribution >= 0.6 is 0 Å². The van der Waals surface area contributed by atoms with E-state index in [2.05, 4.69) is 20.9 Å². The number of carbonyl (C=O) groups excluding carboxylic acids is 1. The van der Waals surface area contributed by atoms with Crippen molar-refractivity contribution >= 4 is 5.91 Å². The Morgan fingerprint density at radius 1 is 1.12 bits per heavy atom. The maximum Gasteiger partial charge on any atom is 0.273 e. The van der Waals surface area contributed by atoms with E-state index in [4.69, 9.17) is 0 Å². The molecule has 0 aromatic carbocycles. The van der Waals surface area contributed by atoms with Crippen molar-refractivity contribution in [2.75, 3.05) is 19.6 Å². The van der Waals surface area contributed by atoms with Crippen LogP contribution in [0.2, 0.25) is 0 Å². The highest BCUT2D eigenvalue weighted by Crippen LogP contribution is 2.22. The summed E-state index contributed by atoms with van der Waals surface area (Å²) in [5.74, 6) is 0.559. The molecule has 3 rings (SSSR count). The summed E-state index contributed by atoms with van der Waals surface area (Å²) in [6.45, 7) is 4.76. The van der Waals surface area contributed by atoms with Crippen molar-refractivity contribution in [2.24, 2.45) is 5.92 Å². The maximum atomic E-state index is 12.5. The molecule has 2 heterocycles. The second-order valence-electron chi connectivity index (χ2n) is 7.37. The highest BCUT2D eigenvalue weighted by molar-refractivity contribution is 5.93. The lowest BCUT2D eigenvalue weighted by atomic mass is 9.91. The molecule has 1 amide bonds. The molecule has 1 aromatic rings. The van der Waals surface area contributed by atoms with Gasteiger partial charge in [-0.05, 0) is 51.6 Å². The lowest BCUT2D eigenvalue weighted by Crippen LogP contribution is -2.31. The zero-order valence-corrected chi connectivity index (χ0v) is 14.9. The topological polar surface area (TPSA) is 71.8 Å². The lowest BCUT2D eigenvalue weighted by molar-refractivity contribution is 0.0939. The minimum absolute atomic E-state index is 0.0604. The fourth-order valence-electron chi connectivity index (χ4n) is 4.01. The van der Waals surface area contributed by atoms with Gasteiger partial charge in [0.1, 0.15) is 0 Å². The molecule has 134 valence electrons. The molecule has 0 radical (unpaired) electrons. The summed E-state index contributed by atoms with van der Waals surface area (Å²) in [4.78, 5) is 12.5. The average Bonchev–Trinajstić information content (AvgIpc) is 2.96. The molecule has 1 aromatic heterocycles. The summed E-state index contributed by atoms with van der Waals surface area (Å²) in [5, 5.41) is 14.9. The normalized spacial score (nSPS) is 21.2. The minimum Gasteiger partial charge on any atom is -0.350 e. The number of amides is 1. The molecule has 0 unspecified atom stereocenters. The van der Waals surface area contributed by atoms with Crippen molar-refractivity contribution in [2.45, 2.75) is 70.8 Å². The van der Waals surface area contributed by atoms with Gasteiger partial charge in [-0.3, -0.25) is 4.79 Å². The Balaban J connectivity index is 1.55. The standard InChI is InChI=1S/C18H31N5O/c1-14-17(21-22-23(14)16-9-11-19-12-10-16)18(24)20-13-15-7-5-3-2-4-6-8-15/h15-16,19H,2-13H2,1H3,(H,20,24). The van der Waals surface area contributed by atoms with Gasteiger partial charge in [0.25, 0.3) is 5.91 Å². The number of nitrogens with zero attached hydrogens (tertiary/aromatic N) is 3. The fraction of sp³-hybridized carbons (Fsp3) is 0.833. The summed E-state index contributed by atoms with van der Waals surface area (Å²) in [6, 6.07) is 0.367. The van der Waals surface area contributed by atoms with E-state index >= 15 is 0 Å². The molecule has 1 saturated heterocycles. The summed E-state index contributed by atoms with van der Waals surface area (Å²) < 4.78 is 1.95. The van der Waals surface area contributed by atoms with Gasteiger partial charge in [-0.1, -0.05) is 37.3 Å². The van der Waals surface area contributed by atoms with Gasteiger partial charge in [0, 0.05) is 6.54 Å². The first-order chi connectivity index (χ1) is 11.8. The van der Waals surface area contributed by atoms with Crippen LogP contribution in [0.1, 0.15) is 80.0 Å². The predicted octanol–water partition coefficient (Wildman–Crippen LogP) is 2.60. The van der Waals surface area contributed by atoms with Gasteiger partial charge in [-0.15, -0.1) is 5.10 Å². The van der Waals surface area contributed by atoms with Crippen molar-refractivity contribution in [1.82, 2.24) is 25.6 Å². The van der Waals surface area contributed by atoms with E-state index in [9.17, 15) is 4.79 Å². The summed E-state index contributed by atoms with van der Waals surface area (Å²) in [6.07, 6.45) is 11.2. The zero-order chi connectivity index (χ0) is 16.8. The lowest BCUT2D eigenvalue weighted by Gasteiger charge is -2.23. The first-order valence-electron chi connectivity index (χ1n) is 9.66. The van der Waals surface area contributed by atoms with Crippen LogP contribution in [-0.2, 0) is 0 Å². The summed E-state index contributed by atoms with van der Waals surface area (Å²) in [7, 11) is 0. The van der Waals surface area contributed by atoms with E-state index in [0.717, 1.165) is 38.2 Å². The second kappa shape index (κ2) is 8.60. The first kappa shape index (κ1) is 17.4. The Hall–Kier alpha value is -1.43. The predicted molar refractivity (Wildman–Crippen MR) is 94.0 cm³/mol. The number of carbonyl (C=O) groups is 1. The highest BCUT2D eigenvalue weighted by Gasteiger charge is 2.23. The monoisotopic (exact) mass is 333 g/mol. The van der Waals surface area contributed by atoms with Gasteiger partial charge in [0.2, 0.25) is 0 Å². The molecule has 0 spiro atoms. The number of hydrogen-bond acceptors (Lipinski definition) is 4. The number of aromatic nitrogens is 3. The van der Waals surface area contributed by atoms with Crippen LogP contribution in [0.3, 0.4) is 0 Å². The quantitative estimate of drug-likeness (QED) is 0.888. The summed E-state index contributed by atoms with van der Waals surface area (Å²) >= 11 is 0. The molecule has 6 nitrogen and oxygen atoms in total. The molecule has 0 atom stereocenters. The molecule has 2 N–H and O–H groups in total. The minimum atomic E-state index is -0.0604. The third kappa shape index (κ3) is 4.35. The summed E-state index contributed by atoms with van der Waals surface area (Å²) in [5.41, 5.74) is 1.40. The second-order valence-corrected chi connectivity index (χ2v) is 7.37. The Morgan fingerprint density at radius 3 is 2.50 bits per heavy atom. The Labute approximate surface area is 144 Å². The number of rotatable bonds is 4. The first-order valence-corrected chi connectivity index (χ1v) is 9.66. The molecule has 1 aliphatic heterocycles. The average molecular weight is 333 g/mol. The Kier molecular flexibility index (Phi) is 6.24. The van der Waals surface area contributed by atoms with Crippen molar-refractivity contribution < 1.29 is 4.79 Å². The number of piperidine rings is 1. The fourth-order valence-corrected chi connectivity index (χ4v) is 4.01. The molecular formula is C18H31N5O. The Morgan fingerprint density at radius 2 is 1.79 bits per heavy atom. The van der Waals surface area contributed by atoms with Gasteiger partial charge in [0.15, 0.2) is 5.69 Å². The van der Waals surface area contributed by atoms with E-state index in [1.54, 1.807) is 0 Å². The van der Waals surface area contributed by atoms with Crippen LogP contribution in [0, 0.1) is 12.8 Å². The third-order valence-corrected chi connectivity index (χ3v) is 5.57. The maximum absolute atomic E-state index is 12.5. The van der Waals surface area contributed by atoms with Crippen LogP contribution in [0.15, 0.2) is 0 Å². The van der Waals surface area contributed by atoms with E-state index in [-0.39, 0.29) is 5.91 Å². The van der Waals surface area contributed by atoms with Gasteiger partial charge in [-0.2, -0.15) is 0 Å². The van der Waals surface area contributed by atoms with Crippen LogP contribution in [0.25, 0.3) is 0 Å². The molecule has 2 aliphatic rings. The Bertz CT molecular complexity index is 528. The molecule has 2 fully saturated rings. The van der Waals surface area contributed by atoms with Crippen LogP contribution in [0.4, 0.5) is 0 Å². The highest BCUT2D eigenvalue weighted by atomic mass is 16.2. The van der Waals surface area contributed by atoms with E-state index in [1.807, 2.05) is 11.6 Å². The van der Waals surface area contributed by atoms with Gasteiger partial charge in [0.05, 0.1) is 11.7 Å². The van der Waals surface area contributed by atoms with Gasteiger partial charge in [-0.25, -0.2) is 4.68 Å².